The third-order valence-electron chi connectivity index (χ3n) is 2.79. The lowest BCUT2D eigenvalue weighted by atomic mass is 10.0. The second-order valence-electron chi connectivity index (χ2n) is 4.54. The number of rotatable bonds is 6. The summed E-state index contributed by atoms with van der Waals surface area (Å²) in [5.41, 5.74) is 8.07. The van der Waals surface area contributed by atoms with Gasteiger partial charge >= 0.3 is 0 Å². The van der Waals surface area contributed by atoms with Gasteiger partial charge in [-0.2, -0.15) is 0 Å². The molecule has 3 heteroatoms. The first-order chi connectivity index (χ1) is 8.08. The molecule has 0 aliphatic carbocycles. The Kier molecular flexibility index (Phi) is 5.79. The van der Waals surface area contributed by atoms with Gasteiger partial charge in [-0.3, -0.25) is 0 Å². The summed E-state index contributed by atoms with van der Waals surface area (Å²) in [6.45, 7) is 4.16. The molecule has 1 rings (SSSR count). The Bertz CT molecular complexity index is 363. The summed E-state index contributed by atoms with van der Waals surface area (Å²) in [4.78, 5) is 0. The Labute approximate surface area is 109 Å². The fourth-order valence-corrected chi connectivity index (χ4v) is 2.17. The molecule has 1 aromatic rings. The van der Waals surface area contributed by atoms with Crippen LogP contribution >= 0.6 is 11.6 Å². The van der Waals surface area contributed by atoms with E-state index >= 15 is 0 Å². The van der Waals surface area contributed by atoms with Gasteiger partial charge in [0.05, 0.1) is 7.11 Å². The molecule has 0 heterocycles. The fourth-order valence-electron chi connectivity index (χ4n) is 1.89. The molecule has 0 aromatic heterocycles. The summed E-state index contributed by atoms with van der Waals surface area (Å²) in [5.74, 6) is 0.901. The third kappa shape index (κ3) is 4.21. The van der Waals surface area contributed by atoms with E-state index in [1.165, 1.54) is 12.0 Å². The number of ether oxygens (including phenoxy) is 1. The second kappa shape index (κ2) is 6.87. The third-order valence-corrected chi connectivity index (χ3v) is 3.14. The molecule has 1 aromatic carbocycles. The maximum absolute atomic E-state index is 6.28. The Morgan fingerprint density at radius 2 is 2.06 bits per heavy atom. The van der Waals surface area contributed by atoms with Gasteiger partial charge in [-0.05, 0) is 49.4 Å². The first-order valence-electron chi connectivity index (χ1n) is 6.19. The molecule has 17 heavy (non-hydrogen) atoms. The van der Waals surface area contributed by atoms with E-state index in [4.69, 9.17) is 22.1 Å². The number of nitrogens with two attached hydrogens (primary N) is 1. The molecule has 0 unspecified atom stereocenters. The minimum absolute atomic E-state index is 0.112. The maximum atomic E-state index is 6.28. The molecule has 0 fully saturated rings. The first-order valence-corrected chi connectivity index (χ1v) is 6.57. The second-order valence-corrected chi connectivity index (χ2v) is 4.95. The highest BCUT2D eigenvalue weighted by molar-refractivity contribution is 6.31. The summed E-state index contributed by atoms with van der Waals surface area (Å²) in [7, 11) is 1.69. The van der Waals surface area contributed by atoms with E-state index in [1.54, 1.807) is 7.11 Å². The van der Waals surface area contributed by atoms with Crippen molar-refractivity contribution < 1.29 is 4.74 Å². The summed E-state index contributed by atoms with van der Waals surface area (Å²) in [6.07, 6.45) is 4.11. The molecule has 0 saturated heterocycles. The van der Waals surface area contributed by atoms with Crippen molar-refractivity contribution in [1.29, 1.82) is 0 Å². The highest BCUT2D eigenvalue weighted by Gasteiger charge is 2.10. The summed E-state index contributed by atoms with van der Waals surface area (Å²) >= 11 is 6.28. The fraction of sp³-hybridized carbons (Fsp3) is 0.571. The molecule has 0 saturated carbocycles. The Morgan fingerprint density at radius 1 is 1.35 bits per heavy atom. The molecule has 0 bridgehead atoms. The summed E-state index contributed by atoms with van der Waals surface area (Å²) < 4.78 is 5.41. The molecule has 96 valence electrons. The van der Waals surface area contributed by atoms with Gasteiger partial charge in [-0.15, -0.1) is 0 Å². The van der Waals surface area contributed by atoms with Crippen LogP contribution < -0.4 is 10.5 Å². The zero-order valence-corrected chi connectivity index (χ0v) is 11.7. The smallest absolute Gasteiger partial charge is 0.122 e. The zero-order chi connectivity index (χ0) is 12.8. The number of hydrogen-bond acceptors (Lipinski definition) is 2. The van der Waals surface area contributed by atoms with Gasteiger partial charge in [0.2, 0.25) is 0 Å². The molecule has 2 nitrogen and oxygen atoms in total. The van der Waals surface area contributed by atoms with Crippen LogP contribution in [0.3, 0.4) is 0 Å². The van der Waals surface area contributed by atoms with Crippen molar-refractivity contribution in [2.75, 3.05) is 7.11 Å². The molecule has 0 amide bonds. The van der Waals surface area contributed by atoms with Gasteiger partial charge in [0.25, 0.3) is 0 Å². The van der Waals surface area contributed by atoms with Crippen molar-refractivity contribution >= 4 is 11.6 Å². The lowest BCUT2D eigenvalue weighted by Gasteiger charge is -2.14. The summed E-state index contributed by atoms with van der Waals surface area (Å²) in [6, 6.07) is 4.16. The van der Waals surface area contributed by atoms with Crippen LogP contribution in [0.25, 0.3) is 0 Å². The van der Waals surface area contributed by atoms with Gasteiger partial charge in [0, 0.05) is 11.1 Å². The van der Waals surface area contributed by atoms with Gasteiger partial charge in [-0.1, -0.05) is 24.9 Å². The topological polar surface area (TPSA) is 35.2 Å². The van der Waals surface area contributed by atoms with Crippen LogP contribution in [0.2, 0.25) is 5.02 Å². The SMILES string of the molecule is CCCCc1cc(OC)c(C[C@H](C)N)cc1Cl. The largest absolute Gasteiger partial charge is 0.496 e. The van der Waals surface area contributed by atoms with Crippen LogP contribution in [-0.2, 0) is 12.8 Å². The molecule has 0 aliphatic heterocycles. The Morgan fingerprint density at radius 3 is 2.59 bits per heavy atom. The molecule has 0 radical (unpaired) electrons. The normalized spacial score (nSPS) is 12.5. The average Bonchev–Trinajstić information content (AvgIpc) is 2.27. The highest BCUT2D eigenvalue weighted by atomic mass is 35.5. The number of methoxy groups -OCH3 is 1. The predicted molar refractivity (Wildman–Crippen MR) is 74.0 cm³/mol. The number of halogens is 1. The van der Waals surface area contributed by atoms with Crippen LogP contribution in [0.4, 0.5) is 0 Å². The predicted octanol–water partition coefficient (Wildman–Crippen LogP) is 3.58. The quantitative estimate of drug-likeness (QED) is 0.843. The Balaban J connectivity index is 2.97. The van der Waals surface area contributed by atoms with Crippen LogP contribution in [0.1, 0.15) is 37.8 Å². The van der Waals surface area contributed by atoms with Gasteiger partial charge < -0.3 is 10.5 Å². The standard InChI is InChI=1S/C14H22ClNO/c1-4-5-6-11-9-14(17-3)12(7-10(2)16)8-13(11)15/h8-10H,4-7,16H2,1-3H3/t10-/m0/s1. The van der Waals surface area contributed by atoms with Crippen LogP contribution in [0, 0.1) is 0 Å². The van der Waals surface area contributed by atoms with Crippen molar-refractivity contribution in [3.63, 3.8) is 0 Å². The van der Waals surface area contributed by atoms with Gasteiger partial charge in [0.1, 0.15) is 5.75 Å². The monoisotopic (exact) mass is 255 g/mol. The highest BCUT2D eigenvalue weighted by Crippen LogP contribution is 2.29. The Hall–Kier alpha value is -0.730. The van der Waals surface area contributed by atoms with Crippen molar-refractivity contribution in [3.8, 4) is 5.75 Å². The van der Waals surface area contributed by atoms with E-state index in [1.807, 2.05) is 13.0 Å². The van der Waals surface area contributed by atoms with E-state index in [2.05, 4.69) is 13.0 Å². The van der Waals surface area contributed by atoms with Crippen molar-refractivity contribution in [1.82, 2.24) is 0 Å². The number of benzene rings is 1. The van der Waals surface area contributed by atoms with E-state index < -0.39 is 0 Å². The lowest BCUT2D eigenvalue weighted by molar-refractivity contribution is 0.407. The molecular formula is C14H22ClNO. The minimum atomic E-state index is 0.112. The summed E-state index contributed by atoms with van der Waals surface area (Å²) in [5, 5.41) is 0.829. The number of aryl methyl sites for hydroxylation is 1. The molecule has 2 N–H and O–H groups in total. The number of unbranched alkanes of at least 4 members (excludes halogenated alkanes) is 1. The lowest BCUT2D eigenvalue weighted by Crippen LogP contribution is -2.18. The maximum Gasteiger partial charge on any atom is 0.122 e. The minimum Gasteiger partial charge on any atom is -0.496 e. The van der Waals surface area contributed by atoms with Crippen molar-refractivity contribution in [2.24, 2.45) is 5.73 Å². The van der Waals surface area contributed by atoms with Gasteiger partial charge in [0.15, 0.2) is 0 Å². The molecular weight excluding hydrogens is 234 g/mol. The van der Waals surface area contributed by atoms with E-state index in [0.29, 0.717) is 0 Å². The first kappa shape index (κ1) is 14.3. The van der Waals surface area contributed by atoms with E-state index in [9.17, 15) is 0 Å². The molecule has 1 atom stereocenters. The van der Waals surface area contributed by atoms with E-state index in [-0.39, 0.29) is 6.04 Å². The van der Waals surface area contributed by atoms with Gasteiger partial charge in [-0.25, -0.2) is 0 Å². The van der Waals surface area contributed by atoms with Crippen molar-refractivity contribution in [3.05, 3.63) is 28.3 Å². The zero-order valence-electron chi connectivity index (χ0n) is 10.9. The van der Waals surface area contributed by atoms with Crippen LogP contribution in [0.15, 0.2) is 12.1 Å². The molecule has 0 spiro atoms. The van der Waals surface area contributed by atoms with Crippen molar-refractivity contribution in [2.45, 2.75) is 45.6 Å². The molecule has 0 aliphatic rings. The van der Waals surface area contributed by atoms with Crippen LogP contribution in [-0.4, -0.2) is 13.2 Å². The average molecular weight is 256 g/mol. The van der Waals surface area contributed by atoms with E-state index in [0.717, 1.165) is 35.6 Å². The van der Waals surface area contributed by atoms with Crippen LogP contribution in [0.5, 0.6) is 5.75 Å². The number of hydrogen-bond donors (Lipinski definition) is 1.